The molecule has 14 heavy (non-hydrogen) atoms. The van der Waals surface area contributed by atoms with Crippen LogP contribution in [0.15, 0.2) is 28.7 Å². The quantitative estimate of drug-likeness (QED) is 0.775. The van der Waals surface area contributed by atoms with Gasteiger partial charge in [-0.3, -0.25) is 4.79 Å². The van der Waals surface area contributed by atoms with Gasteiger partial charge in [-0.05, 0) is 19.9 Å². The summed E-state index contributed by atoms with van der Waals surface area (Å²) in [5.74, 6) is 0.00572. The molecule has 0 bridgehead atoms. The van der Waals surface area contributed by atoms with E-state index in [9.17, 15) is 4.79 Å². The zero-order valence-corrected chi connectivity index (χ0v) is 9.87. The molecule has 1 aromatic carbocycles. The molecule has 1 aromatic rings. The highest BCUT2D eigenvalue weighted by molar-refractivity contribution is 9.10. The summed E-state index contributed by atoms with van der Waals surface area (Å²) in [4.78, 5) is 11.6. The molecule has 76 valence electrons. The van der Waals surface area contributed by atoms with Crippen LogP contribution in [0.2, 0.25) is 0 Å². The second-order valence-electron chi connectivity index (χ2n) is 3.26. The lowest BCUT2D eigenvalue weighted by Gasteiger charge is -2.07. The summed E-state index contributed by atoms with van der Waals surface area (Å²) in [5, 5.41) is 0. The zero-order valence-electron chi connectivity index (χ0n) is 8.29. The third-order valence-corrected chi connectivity index (χ3v) is 2.41. The predicted molar refractivity (Wildman–Crippen MR) is 59.6 cm³/mol. The molecule has 0 aliphatic carbocycles. The highest BCUT2D eigenvalue weighted by Gasteiger charge is 2.09. The first-order chi connectivity index (χ1) is 6.61. The Balaban J connectivity index is 2.65. The molecule has 0 saturated heterocycles. The van der Waals surface area contributed by atoms with Crippen LogP contribution in [0.3, 0.4) is 0 Å². The van der Waals surface area contributed by atoms with Crippen molar-refractivity contribution in [2.75, 3.05) is 6.61 Å². The molecule has 3 heteroatoms. The average molecular weight is 257 g/mol. The first-order valence-corrected chi connectivity index (χ1v) is 5.30. The molecule has 0 amide bonds. The van der Waals surface area contributed by atoms with Gasteiger partial charge < -0.3 is 4.74 Å². The summed E-state index contributed by atoms with van der Waals surface area (Å²) in [6, 6.07) is 7.36. The Labute approximate surface area is 92.4 Å². The Hall–Kier alpha value is -0.670. The highest BCUT2D eigenvalue weighted by Crippen LogP contribution is 2.16. The number of benzene rings is 1. The molecule has 0 aromatic heterocycles. The maximum atomic E-state index is 11.6. The van der Waals surface area contributed by atoms with Crippen molar-refractivity contribution in [2.24, 2.45) is 0 Å². The van der Waals surface area contributed by atoms with Crippen molar-refractivity contribution in [1.82, 2.24) is 0 Å². The van der Waals surface area contributed by atoms with E-state index in [1.54, 1.807) is 6.07 Å². The molecule has 2 nitrogen and oxygen atoms in total. The van der Waals surface area contributed by atoms with Crippen LogP contribution in [0.4, 0.5) is 0 Å². The van der Waals surface area contributed by atoms with Crippen molar-refractivity contribution >= 4 is 21.7 Å². The second kappa shape index (κ2) is 5.27. The highest BCUT2D eigenvalue weighted by atomic mass is 79.9. The number of Topliss-reactive ketones (excluding diaryl/α,β-unsaturated/α-hetero) is 1. The van der Waals surface area contributed by atoms with Crippen molar-refractivity contribution in [2.45, 2.75) is 20.0 Å². The van der Waals surface area contributed by atoms with Crippen LogP contribution in [-0.4, -0.2) is 18.5 Å². The van der Waals surface area contributed by atoms with Crippen molar-refractivity contribution in [3.8, 4) is 0 Å². The number of ether oxygens (including phenoxy) is 1. The van der Waals surface area contributed by atoms with E-state index in [4.69, 9.17) is 4.74 Å². The van der Waals surface area contributed by atoms with Gasteiger partial charge in [-0.1, -0.05) is 34.1 Å². The fraction of sp³-hybridized carbons (Fsp3) is 0.364. The van der Waals surface area contributed by atoms with Gasteiger partial charge in [0, 0.05) is 10.0 Å². The molecule has 0 N–H and O–H groups in total. The van der Waals surface area contributed by atoms with Gasteiger partial charge in [-0.2, -0.15) is 0 Å². The zero-order chi connectivity index (χ0) is 10.6. The third-order valence-electron chi connectivity index (χ3n) is 1.72. The van der Waals surface area contributed by atoms with Crippen molar-refractivity contribution in [3.05, 3.63) is 34.3 Å². The van der Waals surface area contributed by atoms with Crippen molar-refractivity contribution in [3.63, 3.8) is 0 Å². The molecule has 0 radical (unpaired) electrons. The number of hydrogen-bond donors (Lipinski definition) is 0. The van der Waals surface area contributed by atoms with Gasteiger partial charge in [-0.25, -0.2) is 0 Å². The van der Waals surface area contributed by atoms with Gasteiger partial charge in [0.15, 0.2) is 5.78 Å². The second-order valence-corrected chi connectivity index (χ2v) is 4.12. The van der Waals surface area contributed by atoms with Gasteiger partial charge in [0.1, 0.15) is 6.61 Å². The lowest BCUT2D eigenvalue weighted by Crippen LogP contribution is -2.13. The van der Waals surface area contributed by atoms with Gasteiger partial charge in [0.2, 0.25) is 0 Å². The summed E-state index contributed by atoms with van der Waals surface area (Å²) in [7, 11) is 0. The molecule has 1 rings (SSSR count). The van der Waals surface area contributed by atoms with Crippen LogP contribution in [0.5, 0.6) is 0 Å². The van der Waals surface area contributed by atoms with E-state index in [0.717, 1.165) is 4.47 Å². The summed E-state index contributed by atoms with van der Waals surface area (Å²) in [5.41, 5.74) is 0.674. The van der Waals surface area contributed by atoms with Crippen LogP contribution in [0, 0.1) is 0 Å². The lowest BCUT2D eigenvalue weighted by atomic mass is 10.1. The van der Waals surface area contributed by atoms with E-state index in [-0.39, 0.29) is 18.5 Å². The minimum Gasteiger partial charge on any atom is -0.371 e. The monoisotopic (exact) mass is 256 g/mol. The maximum absolute atomic E-state index is 11.6. The van der Waals surface area contributed by atoms with Gasteiger partial charge >= 0.3 is 0 Å². The minimum atomic E-state index is 0.00572. The standard InChI is InChI=1S/C11H13BrO2/c1-8(2)14-7-11(13)9-5-3-4-6-10(9)12/h3-6,8H,7H2,1-2H3. The number of carbonyl (C=O) groups excluding carboxylic acids is 1. The number of carbonyl (C=O) groups is 1. The minimum absolute atomic E-state index is 0.00572. The number of rotatable bonds is 4. The smallest absolute Gasteiger partial charge is 0.189 e. The van der Waals surface area contributed by atoms with Crippen LogP contribution in [-0.2, 0) is 4.74 Å². The van der Waals surface area contributed by atoms with Crippen LogP contribution in [0.1, 0.15) is 24.2 Å². The first kappa shape index (κ1) is 11.4. The predicted octanol–water partition coefficient (Wildman–Crippen LogP) is 3.06. The van der Waals surface area contributed by atoms with Crippen molar-refractivity contribution < 1.29 is 9.53 Å². The molecule has 0 atom stereocenters. The van der Waals surface area contributed by atoms with Crippen LogP contribution >= 0.6 is 15.9 Å². The summed E-state index contributed by atoms with van der Waals surface area (Å²) >= 11 is 3.33. The Morgan fingerprint density at radius 1 is 1.43 bits per heavy atom. The third kappa shape index (κ3) is 3.24. The average Bonchev–Trinajstić information content (AvgIpc) is 2.15. The molecule has 0 fully saturated rings. The normalized spacial score (nSPS) is 10.6. The van der Waals surface area contributed by atoms with Crippen molar-refractivity contribution in [1.29, 1.82) is 0 Å². The molecule has 0 heterocycles. The van der Waals surface area contributed by atoms with E-state index < -0.39 is 0 Å². The fourth-order valence-electron chi connectivity index (χ4n) is 1.01. The molecule has 0 aliphatic heterocycles. The summed E-state index contributed by atoms with van der Waals surface area (Å²) in [6.45, 7) is 3.96. The molecule has 0 aliphatic rings. The molecule has 0 unspecified atom stereocenters. The van der Waals surface area contributed by atoms with E-state index in [1.165, 1.54) is 0 Å². The Bertz CT molecular complexity index is 321. The number of hydrogen-bond acceptors (Lipinski definition) is 2. The fourth-order valence-corrected chi connectivity index (χ4v) is 1.51. The molecular weight excluding hydrogens is 244 g/mol. The number of halogens is 1. The largest absolute Gasteiger partial charge is 0.371 e. The lowest BCUT2D eigenvalue weighted by molar-refractivity contribution is 0.0584. The van der Waals surface area contributed by atoms with E-state index in [1.807, 2.05) is 32.0 Å². The van der Waals surface area contributed by atoms with E-state index in [2.05, 4.69) is 15.9 Å². The van der Waals surface area contributed by atoms with E-state index in [0.29, 0.717) is 5.56 Å². The molecule has 0 spiro atoms. The van der Waals surface area contributed by atoms with Crippen LogP contribution < -0.4 is 0 Å². The molecule has 0 saturated carbocycles. The van der Waals surface area contributed by atoms with Crippen LogP contribution in [0.25, 0.3) is 0 Å². The topological polar surface area (TPSA) is 26.3 Å². The van der Waals surface area contributed by atoms with E-state index >= 15 is 0 Å². The van der Waals surface area contributed by atoms with Gasteiger partial charge in [0.05, 0.1) is 6.10 Å². The summed E-state index contributed by atoms with van der Waals surface area (Å²) < 4.78 is 6.06. The maximum Gasteiger partial charge on any atom is 0.189 e. The first-order valence-electron chi connectivity index (χ1n) is 4.50. The van der Waals surface area contributed by atoms with Gasteiger partial charge in [0.25, 0.3) is 0 Å². The Morgan fingerprint density at radius 3 is 2.64 bits per heavy atom. The Kier molecular flexibility index (Phi) is 4.29. The molecular formula is C11H13BrO2. The van der Waals surface area contributed by atoms with Gasteiger partial charge in [-0.15, -0.1) is 0 Å². The Morgan fingerprint density at radius 2 is 2.07 bits per heavy atom. The SMILES string of the molecule is CC(C)OCC(=O)c1ccccc1Br. The number of ketones is 1. The summed E-state index contributed by atoms with van der Waals surface area (Å²) in [6.07, 6.45) is 0.0847.